The first-order valence-electron chi connectivity index (χ1n) is 6.03. The second-order valence-corrected chi connectivity index (χ2v) is 5.92. The lowest BCUT2D eigenvalue weighted by Crippen LogP contribution is -2.62. The Morgan fingerprint density at radius 3 is 2.59 bits per heavy atom. The van der Waals surface area contributed by atoms with Gasteiger partial charge < -0.3 is 10.2 Å². The zero-order valence-corrected chi connectivity index (χ0v) is 11.8. The molecule has 0 saturated carbocycles. The minimum atomic E-state index is -0.330. The van der Waals surface area contributed by atoms with Crippen LogP contribution >= 0.6 is 11.8 Å². The molecule has 2 atom stereocenters. The number of carbonyl (C=O) groups is 2. The molecular formula is C12H22N2O2S. The van der Waals surface area contributed by atoms with Crippen LogP contribution < -0.4 is 5.32 Å². The Bertz CT molecular complexity index is 294. The van der Waals surface area contributed by atoms with E-state index in [4.69, 9.17) is 0 Å². The molecule has 1 heterocycles. The number of hydrogen-bond acceptors (Lipinski definition) is 3. The molecule has 0 unspecified atom stereocenters. The summed E-state index contributed by atoms with van der Waals surface area (Å²) in [5, 5.41) is 2.84. The number of amides is 2. The van der Waals surface area contributed by atoms with E-state index in [0.29, 0.717) is 12.3 Å². The van der Waals surface area contributed by atoms with Crippen LogP contribution in [0.2, 0.25) is 0 Å². The van der Waals surface area contributed by atoms with Crippen LogP contribution in [-0.4, -0.2) is 47.9 Å². The Morgan fingerprint density at radius 1 is 1.41 bits per heavy atom. The minimum absolute atomic E-state index is 0.00750. The fourth-order valence-electron chi connectivity index (χ4n) is 2.05. The number of hydrogen-bond donors (Lipinski definition) is 1. The number of piperazine rings is 1. The normalized spacial score (nSPS) is 25.4. The molecule has 1 N–H and O–H groups in total. The van der Waals surface area contributed by atoms with Crippen molar-refractivity contribution in [3.05, 3.63) is 0 Å². The van der Waals surface area contributed by atoms with Crippen LogP contribution in [0.15, 0.2) is 0 Å². The van der Waals surface area contributed by atoms with Crippen molar-refractivity contribution in [3.8, 4) is 0 Å². The molecule has 1 aliphatic rings. The van der Waals surface area contributed by atoms with E-state index in [9.17, 15) is 9.59 Å². The molecule has 0 radical (unpaired) electrons. The summed E-state index contributed by atoms with van der Waals surface area (Å²) in [4.78, 5) is 25.6. The van der Waals surface area contributed by atoms with Crippen molar-refractivity contribution in [2.24, 2.45) is 5.92 Å². The number of nitrogens with zero attached hydrogens (tertiary/aromatic N) is 1. The van der Waals surface area contributed by atoms with Crippen LogP contribution in [0, 0.1) is 5.92 Å². The number of nitrogens with one attached hydrogen (secondary N) is 1. The van der Waals surface area contributed by atoms with E-state index in [-0.39, 0.29) is 23.9 Å². The summed E-state index contributed by atoms with van der Waals surface area (Å²) in [6.07, 6.45) is 3.44. The summed E-state index contributed by atoms with van der Waals surface area (Å²) in [7, 11) is 1.74. The van der Waals surface area contributed by atoms with Crippen molar-refractivity contribution in [1.29, 1.82) is 0 Å². The van der Waals surface area contributed by atoms with Gasteiger partial charge in [-0.25, -0.2) is 0 Å². The SMILES string of the molecule is CSCC[C@@H]1NC(=O)[C@H](CC(C)C)N(C)C1=O. The van der Waals surface area contributed by atoms with E-state index in [1.54, 1.807) is 23.7 Å². The zero-order valence-electron chi connectivity index (χ0n) is 11.0. The van der Waals surface area contributed by atoms with E-state index < -0.39 is 0 Å². The summed E-state index contributed by atoms with van der Waals surface area (Å²) in [5.41, 5.74) is 0. The third kappa shape index (κ3) is 3.63. The molecule has 1 rings (SSSR count). The topological polar surface area (TPSA) is 49.4 Å². The standard InChI is InChI=1S/C12H22N2O2S/c1-8(2)7-10-11(15)13-9(5-6-17-4)12(16)14(10)3/h8-10H,5-7H2,1-4H3,(H,13,15)/t9-,10-/m0/s1. The van der Waals surface area contributed by atoms with E-state index in [1.807, 2.05) is 6.26 Å². The molecule has 0 spiro atoms. The van der Waals surface area contributed by atoms with Crippen LogP contribution in [-0.2, 0) is 9.59 Å². The molecule has 1 fully saturated rings. The lowest BCUT2D eigenvalue weighted by Gasteiger charge is -2.37. The Hall–Kier alpha value is -0.710. The van der Waals surface area contributed by atoms with E-state index >= 15 is 0 Å². The predicted molar refractivity (Wildman–Crippen MR) is 70.9 cm³/mol. The molecule has 0 aromatic heterocycles. The van der Waals surface area contributed by atoms with Gasteiger partial charge in [0.15, 0.2) is 0 Å². The molecule has 0 aliphatic carbocycles. The maximum absolute atomic E-state index is 12.1. The summed E-state index contributed by atoms with van der Waals surface area (Å²) < 4.78 is 0. The smallest absolute Gasteiger partial charge is 0.245 e. The number of rotatable bonds is 5. The fourth-order valence-corrected chi connectivity index (χ4v) is 2.52. The molecule has 0 aromatic carbocycles. The quantitative estimate of drug-likeness (QED) is 0.803. The predicted octanol–water partition coefficient (Wildman–Crippen LogP) is 1.11. The van der Waals surface area contributed by atoms with Gasteiger partial charge in [-0.05, 0) is 30.8 Å². The molecular weight excluding hydrogens is 236 g/mol. The number of likely N-dealkylation sites (N-methyl/N-ethyl adjacent to an activating group) is 1. The van der Waals surface area contributed by atoms with Crippen LogP contribution in [0.25, 0.3) is 0 Å². The zero-order chi connectivity index (χ0) is 13.0. The van der Waals surface area contributed by atoms with Gasteiger partial charge in [0.05, 0.1) is 0 Å². The molecule has 2 amide bonds. The van der Waals surface area contributed by atoms with Gasteiger partial charge in [-0.2, -0.15) is 11.8 Å². The molecule has 5 heteroatoms. The van der Waals surface area contributed by atoms with Crippen molar-refractivity contribution >= 4 is 23.6 Å². The van der Waals surface area contributed by atoms with Gasteiger partial charge in [-0.3, -0.25) is 9.59 Å². The minimum Gasteiger partial charge on any atom is -0.342 e. The third-order valence-corrected chi connectivity index (χ3v) is 3.68. The molecule has 1 saturated heterocycles. The van der Waals surface area contributed by atoms with Crippen molar-refractivity contribution < 1.29 is 9.59 Å². The van der Waals surface area contributed by atoms with Crippen molar-refractivity contribution in [1.82, 2.24) is 10.2 Å². The highest BCUT2D eigenvalue weighted by molar-refractivity contribution is 7.98. The Kier molecular flexibility index (Phi) is 5.31. The first kappa shape index (κ1) is 14.4. The second kappa shape index (κ2) is 6.28. The first-order chi connectivity index (χ1) is 7.97. The first-order valence-corrected chi connectivity index (χ1v) is 7.42. The van der Waals surface area contributed by atoms with E-state index in [0.717, 1.165) is 12.2 Å². The average molecular weight is 258 g/mol. The largest absolute Gasteiger partial charge is 0.342 e. The van der Waals surface area contributed by atoms with Crippen molar-refractivity contribution in [2.45, 2.75) is 38.8 Å². The monoisotopic (exact) mass is 258 g/mol. The second-order valence-electron chi connectivity index (χ2n) is 4.94. The van der Waals surface area contributed by atoms with Gasteiger partial charge in [-0.15, -0.1) is 0 Å². The van der Waals surface area contributed by atoms with Gasteiger partial charge >= 0.3 is 0 Å². The Balaban J connectivity index is 2.66. The van der Waals surface area contributed by atoms with Gasteiger partial charge in [0.2, 0.25) is 11.8 Å². The maximum Gasteiger partial charge on any atom is 0.245 e. The van der Waals surface area contributed by atoms with E-state index in [1.165, 1.54) is 0 Å². The third-order valence-electron chi connectivity index (χ3n) is 3.04. The molecule has 4 nitrogen and oxygen atoms in total. The molecule has 1 aliphatic heterocycles. The summed E-state index contributed by atoms with van der Waals surface area (Å²) >= 11 is 1.69. The molecule has 17 heavy (non-hydrogen) atoms. The lowest BCUT2D eigenvalue weighted by molar-refractivity contribution is -0.148. The molecule has 98 valence electrons. The van der Waals surface area contributed by atoms with Gasteiger partial charge in [0, 0.05) is 7.05 Å². The number of carbonyl (C=O) groups excluding carboxylic acids is 2. The van der Waals surface area contributed by atoms with Crippen molar-refractivity contribution in [2.75, 3.05) is 19.1 Å². The van der Waals surface area contributed by atoms with Crippen LogP contribution in [0.5, 0.6) is 0 Å². The Morgan fingerprint density at radius 2 is 2.06 bits per heavy atom. The highest BCUT2D eigenvalue weighted by atomic mass is 32.2. The fraction of sp³-hybridized carbons (Fsp3) is 0.833. The van der Waals surface area contributed by atoms with Gasteiger partial charge in [0.1, 0.15) is 12.1 Å². The highest BCUT2D eigenvalue weighted by Crippen LogP contribution is 2.17. The lowest BCUT2D eigenvalue weighted by atomic mass is 9.98. The Labute approximate surface area is 108 Å². The summed E-state index contributed by atoms with van der Waals surface area (Å²) in [5.74, 6) is 1.33. The van der Waals surface area contributed by atoms with Crippen LogP contribution in [0.3, 0.4) is 0 Å². The average Bonchev–Trinajstić information content (AvgIpc) is 2.27. The van der Waals surface area contributed by atoms with Gasteiger partial charge in [0.25, 0.3) is 0 Å². The van der Waals surface area contributed by atoms with Crippen LogP contribution in [0.1, 0.15) is 26.7 Å². The van der Waals surface area contributed by atoms with Crippen molar-refractivity contribution in [3.63, 3.8) is 0 Å². The van der Waals surface area contributed by atoms with Gasteiger partial charge in [-0.1, -0.05) is 13.8 Å². The summed E-state index contributed by atoms with van der Waals surface area (Å²) in [6.45, 7) is 4.12. The molecule has 0 bridgehead atoms. The summed E-state index contributed by atoms with van der Waals surface area (Å²) in [6, 6.07) is -0.628. The van der Waals surface area contributed by atoms with Crippen LogP contribution in [0.4, 0.5) is 0 Å². The molecule has 0 aromatic rings. The highest BCUT2D eigenvalue weighted by Gasteiger charge is 2.37. The maximum atomic E-state index is 12.1. The van der Waals surface area contributed by atoms with E-state index in [2.05, 4.69) is 19.2 Å². The number of thioether (sulfide) groups is 1.